The van der Waals surface area contributed by atoms with E-state index in [-0.39, 0.29) is 18.1 Å². The molecule has 24 heavy (non-hydrogen) atoms. The SMILES string of the molecule is O=C(O)CCC1=CC=C(c2ccc(Br)cc2)C1c1ccc(O)cc1. The number of hydrogen-bond donors (Lipinski definition) is 2. The quantitative estimate of drug-likeness (QED) is 0.751. The van der Waals surface area contributed by atoms with Crippen LogP contribution in [0.15, 0.2) is 70.7 Å². The first-order valence-corrected chi connectivity index (χ1v) is 8.51. The molecule has 0 aliphatic heterocycles. The molecule has 0 fully saturated rings. The topological polar surface area (TPSA) is 57.5 Å². The Labute approximate surface area is 149 Å². The average molecular weight is 385 g/mol. The van der Waals surface area contributed by atoms with Crippen molar-refractivity contribution in [2.75, 3.05) is 0 Å². The standard InChI is InChI=1S/C20H17BrO3/c21-16-7-1-13(2-8-16)18-11-5-15(6-12-19(23)24)20(18)14-3-9-17(22)10-4-14/h1-5,7-11,20,22H,6,12H2,(H,23,24). The van der Waals surface area contributed by atoms with Crippen LogP contribution in [0.5, 0.6) is 5.75 Å². The van der Waals surface area contributed by atoms with Gasteiger partial charge in [-0.15, -0.1) is 0 Å². The van der Waals surface area contributed by atoms with Crippen LogP contribution in [0.25, 0.3) is 5.57 Å². The van der Waals surface area contributed by atoms with Gasteiger partial charge in [-0.25, -0.2) is 0 Å². The lowest BCUT2D eigenvalue weighted by Gasteiger charge is -2.20. The fourth-order valence-electron chi connectivity index (χ4n) is 3.03. The molecule has 2 N–H and O–H groups in total. The second-order valence-corrected chi connectivity index (χ2v) is 6.70. The number of carboxylic acids is 1. The van der Waals surface area contributed by atoms with Crippen molar-refractivity contribution in [2.24, 2.45) is 0 Å². The van der Waals surface area contributed by atoms with Crippen molar-refractivity contribution in [3.8, 4) is 5.75 Å². The first-order valence-electron chi connectivity index (χ1n) is 7.72. The minimum Gasteiger partial charge on any atom is -0.508 e. The van der Waals surface area contributed by atoms with Crippen molar-refractivity contribution in [2.45, 2.75) is 18.8 Å². The molecule has 1 aliphatic rings. The Morgan fingerprint density at radius 1 is 1.00 bits per heavy atom. The van der Waals surface area contributed by atoms with E-state index in [1.165, 1.54) is 0 Å². The largest absolute Gasteiger partial charge is 0.508 e. The Morgan fingerprint density at radius 3 is 2.29 bits per heavy atom. The molecule has 1 unspecified atom stereocenters. The summed E-state index contributed by atoms with van der Waals surface area (Å²) in [5.41, 5.74) is 4.39. The summed E-state index contributed by atoms with van der Waals surface area (Å²) in [5.74, 6) is -0.550. The van der Waals surface area contributed by atoms with Gasteiger partial charge in [-0.1, -0.05) is 57.9 Å². The fourth-order valence-corrected chi connectivity index (χ4v) is 3.30. The van der Waals surface area contributed by atoms with E-state index in [1.54, 1.807) is 12.1 Å². The van der Waals surface area contributed by atoms with Crippen molar-refractivity contribution in [3.63, 3.8) is 0 Å². The molecule has 0 saturated heterocycles. The van der Waals surface area contributed by atoms with Crippen LogP contribution in [0.2, 0.25) is 0 Å². The summed E-state index contributed by atoms with van der Waals surface area (Å²) in [6.45, 7) is 0. The van der Waals surface area contributed by atoms with Gasteiger partial charge in [0.25, 0.3) is 0 Å². The predicted molar refractivity (Wildman–Crippen MR) is 97.9 cm³/mol. The third-order valence-corrected chi connectivity index (χ3v) is 4.72. The first-order chi connectivity index (χ1) is 11.5. The Kier molecular flexibility index (Phi) is 4.86. The molecule has 0 aromatic heterocycles. The van der Waals surface area contributed by atoms with Crippen LogP contribution in [-0.4, -0.2) is 16.2 Å². The highest BCUT2D eigenvalue weighted by Gasteiger charge is 2.26. The van der Waals surface area contributed by atoms with Gasteiger partial charge in [-0.2, -0.15) is 0 Å². The molecular formula is C20H17BrO3. The Morgan fingerprint density at radius 2 is 1.67 bits per heavy atom. The highest BCUT2D eigenvalue weighted by molar-refractivity contribution is 9.10. The van der Waals surface area contributed by atoms with Crippen molar-refractivity contribution < 1.29 is 15.0 Å². The van der Waals surface area contributed by atoms with Crippen molar-refractivity contribution in [3.05, 3.63) is 81.9 Å². The molecule has 0 amide bonds. The van der Waals surface area contributed by atoms with Gasteiger partial charge in [0.2, 0.25) is 0 Å². The normalized spacial score (nSPS) is 16.6. The van der Waals surface area contributed by atoms with Crippen LogP contribution in [0.4, 0.5) is 0 Å². The van der Waals surface area contributed by atoms with Gasteiger partial charge < -0.3 is 10.2 Å². The summed E-state index contributed by atoms with van der Waals surface area (Å²) in [7, 11) is 0. The van der Waals surface area contributed by atoms with Gasteiger partial charge in [0.05, 0.1) is 0 Å². The highest BCUT2D eigenvalue weighted by Crippen LogP contribution is 2.44. The van der Waals surface area contributed by atoms with Gasteiger partial charge in [0.15, 0.2) is 0 Å². The number of allylic oxidation sites excluding steroid dienone is 4. The van der Waals surface area contributed by atoms with E-state index in [0.29, 0.717) is 6.42 Å². The average Bonchev–Trinajstić information content (AvgIpc) is 2.98. The van der Waals surface area contributed by atoms with Crippen molar-refractivity contribution >= 4 is 27.5 Å². The molecule has 2 aromatic carbocycles. The number of phenolic OH excluding ortho intramolecular Hbond substituents is 1. The number of carbonyl (C=O) groups is 1. The molecule has 1 aliphatic carbocycles. The highest BCUT2D eigenvalue weighted by atomic mass is 79.9. The number of halogens is 1. The van der Waals surface area contributed by atoms with Crippen LogP contribution >= 0.6 is 15.9 Å². The van der Waals surface area contributed by atoms with Gasteiger partial charge in [-0.05, 0) is 47.4 Å². The molecule has 122 valence electrons. The zero-order valence-corrected chi connectivity index (χ0v) is 14.5. The third kappa shape index (κ3) is 3.60. The van der Waals surface area contributed by atoms with E-state index in [4.69, 9.17) is 5.11 Å². The molecule has 4 heteroatoms. The maximum Gasteiger partial charge on any atom is 0.303 e. The van der Waals surface area contributed by atoms with Gasteiger partial charge in [0, 0.05) is 16.8 Å². The number of aromatic hydroxyl groups is 1. The lowest BCUT2D eigenvalue weighted by atomic mass is 9.83. The second-order valence-electron chi connectivity index (χ2n) is 5.79. The molecule has 0 saturated carbocycles. The van der Waals surface area contributed by atoms with Gasteiger partial charge >= 0.3 is 5.97 Å². The molecule has 1 atom stereocenters. The Balaban J connectivity index is 1.95. The molecule has 0 heterocycles. The third-order valence-electron chi connectivity index (χ3n) is 4.19. The lowest BCUT2D eigenvalue weighted by molar-refractivity contribution is -0.136. The van der Waals surface area contributed by atoms with E-state index < -0.39 is 5.97 Å². The zero-order valence-electron chi connectivity index (χ0n) is 12.9. The number of phenols is 1. The van der Waals surface area contributed by atoms with Crippen LogP contribution < -0.4 is 0 Å². The number of aliphatic carboxylic acids is 1. The summed E-state index contributed by atoms with van der Waals surface area (Å²) in [5, 5.41) is 18.5. The molecule has 0 bridgehead atoms. The molecular weight excluding hydrogens is 368 g/mol. The summed E-state index contributed by atoms with van der Waals surface area (Å²) in [4.78, 5) is 11.0. The van der Waals surface area contributed by atoms with Gasteiger partial charge in [-0.3, -0.25) is 4.79 Å². The molecule has 3 rings (SSSR count). The van der Waals surface area contributed by atoms with E-state index in [0.717, 1.165) is 26.7 Å². The summed E-state index contributed by atoms with van der Waals surface area (Å²) in [6, 6.07) is 15.2. The van der Waals surface area contributed by atoms with Crippen molar-refractivity contribution in [1.29, 1.82) is 0 Å². The minimum atomic E-state index is -0.794. The van der Waals surface area contributed by atoms with Crippen LogP contribution in [0.3, 0.4) is 0 Å². The first kappa shape index (κ1) is 16.5. The van der Waals surface area contributed by atoms with E-state index in [9.17, 15) is 9.90 Å². The number of benzene rings is 2. The zero-order chi connectivity index (χ0) is 17.1. The predicted octanol–water partition coefficient (Wildman–Crippen LogP) is 5.13. The number of rotatable bonds is 5. The Hall–Kier alpha value is -2.33. The molecule has 0 radical (unpaired) electrons. The van der Waals surface area contributed by atoms with E-state index in [1.807, 2.05) is 30.3 Å². The number of hydrogen-bond acceptors (Lipinski definition) is 2. The minimum absolute atomic E-state index is 0.0196. The lowest BCUT2D eigenvalue weighted by Crippen LogP contribution is -2.05. The smallest absolute Gasteiger partial charge is 0.303 e. The number of carboxylic acid groups (broad SMARTS) is 1. The molecule has 3 nitrogen and oxygen atoms in total. The summed E-state index contributed by atoms with van der Waals surface area (Å²) in [6.07, 6.45) is 4.72. The monoisotopic (exact) mass is 384 g/mol. The van der Waals surface area contributed by atoms with Gasteiger partial charge in [0.1, 0.15) is 5.75 Å². The van der Waals surface area contributed by atoms with E-state index in [2.05, 4.69) is 34.1 Å². The summed E-state index contributed by atoms with van der Waals surface area (Å²) < 4.78 is 1.02. The second kappa shape index (κ2) is 7.05. The Bertz CT molecular complexity index is 802. The van der Waals surface area contributed by atoms with Crippen LogP contribution in [0, 0.1) is 0 Å². The maximum absolute atomic E-state index is 11.0. The van der Waals surface area contributed by atoms with Crippen LogP contribution in [-0.2, 0) is 4.79 Å². The molecule has 2 aromatic rings. The molecule has 0 spiro atoms. The van der Waals surface area contributed by atoms with Crippen molar-refractivity contribution in [1.82, 2.24) is 0 Å². The van der Waals surface area contributed by atoms with E-state index >= 15 is 0 Å². The maximum atomic E-state index is 11.0. The summed E-state index contributed by atoms with van der Waals surface area (Å²) >= 11 is 3.45. The fraction of sp³-hybridized carbons (Fsp3) is 0.150. The van der Waals surface area contributed by atoms with Crippen LogP contribution in [0.1, 0.15) is 29.9 Å².